The normalized spacial score (nSPS) is 26.6. The van der Waals surface area contributed by atoms with Gasteiger partial charge >= 0.3 is 0 Å². The summed E-state index contributed by atoms with van der Waals surface area (Å²) in [7, 11) is 3.33. The largest absolute Gasteiger partial charge is 0.385 e. The van der Waals surface area contributed by atoms with Crippen LogP contribution in [0.4, 0.5) is 0 Å². The zero-order valence-electron chi connectivity index (χ0n) is 12.5. The Morgan fingerprint density at radius 3 is 2.53 bits per heavy atom. The molecule has 19 heavy (non-hydrogen) atoms. The zero-order chi connectivity index (χ0) is 14.3. The number of ether oxygens (including phenoxy) is 2. The molecule has 0 radical (unpaired) electrons. The van der Waals surface area contributed by atoms with Crippen LogP contribution in [0.3, 0.4) is 0 Å². The van der Waals surface area contributed by atoms with Crippen molar-refractivity contribution in [2.24, 2.45) is 11.1 Å². The fraction of sp³-hybridized carbons (Fsp3) is 0.929. The molecule has 1 amide bonds. The second-order valence-corrected chi connectivity index (χ2v) is 5.55. The van der Waals surface area contributed by atoms with Crippen LogP contribution >= 0.6 is 0 Å². The second kappa shape index (κ2) is 7.82. The van der Waals surface area contributed by atoms with Crippen molar-refractivity contribution >= 4 is 5.91 Å². The fourth-order valence-corrected chi connectivity index (χ4v) is 2.74. The Morgan fingerprint density at radius 1 is 1.32 bits per heavy atom. The first kappa shape index (κ1) is 16.4. The van der Waals surface area contributed by atoms with Gasteiger partial charge in [-0.25, -0.2) is 0 Å². The van der Waals surface area contributed by atoms with Crippen molar-refractivity contribution in [3.63, 3.8) is 0 Å². The predicted molar refractivity (Wildman–Crippen MR) is 74.9 cm³/mol. The monoisotopic (exact) mass is 272 g/mol. The number of hydrogen-bond acceptors (Lipinski definition) is 4. The van der Waals surface area contributed by atoms with E-state index in [9.17, 15) is 4.79 Å². The Hall–Kier alpha value is -0.650. The van der Waals surface area contributed by atoms with E-state index in [0.29, 0.717) is 26.3 Å². The van der Waals surface area contributed by atoms with Gasteiger partial charge in [0, 0.05) is 40.0 Å². The van der Waals surface area contributed by atoms with E-state index in [0.717, 1.165) is 25.7 Å². The van der Waals surface area contributed by atoms with Gasteiger partial charge in [-0.2, -0.15) is 0 Å². The number of methoxy groups -OCH3 is 2. The third-order valence-electron chi connectivity index (χ3n) is 4.15. The lowest BCUT2D eigenvalue weighted by Gasteiger charge is -2.34. The molecule has 2 N–H and O–H groups in total. The minimum Gasteiger partial charge on any atom is -0.385 e. The molecule has 112 valence electrons. The predicted octanol–water partition coefficient (Wildman–Crippen LogP) is 1.02. The molecule has 1 saturated carbocycles. The Labute approximate surface area is 116 Å². The maximum atomic E-state index is 12.7. The van der Waals surface area contributed by atoms with Crippen molar-refractivity contribution in [1.29, 1.82) is 0 Å². The molecule has 1 fully saturated rings. The number of nitrogens with zero attached hydrogens (tertiary/aromatic N) is 1. The van der Waals surface area contributed by atoms with Crippen molar-refractivity contribution in [3.8, 4) is 0 Å². The van der Waals surface area contributed by atoms with Crippen LogP contribution in [0.1, 0.15) is 32.6 Å². The highest BCUT2D eigenvalue weighted by atomic mass is 16.5. The van der Waals surface area contributed by atoms with Gasteiger partial charge in [0.25, 0.3) is 0 Å². The van der Waals surface area contributed by atoms with Gasteiger partial charge < -0.3 is 20.1 Å². The van der Waals surface area contributed by atoms with Crippen LogP contribution in [0.25, 0.3) is 0 Å². The SMILES string of the molecule is COCCCN(CCOC)C(=O)C1(C)CCCC1N. The van der Waals surface area contributed by atoms with Crippen LogP contribution in [0.2, 0.25) is 0 Å². The first-order valence-corrected chi connectivity index (χ1v) is 7.09. The molecule has 0 aromatic rings. The summed E-state index contributed by atoms with van der Waals surface area (Å²) in [4.78, 5) is 14.6. The minimum absolute atomic E-state index is 0.0209. The lowest BCUT2D eigenvalue weighted by molar-refractivity contribution is -0.142. The number of rotatable bonds is 8. The average molecular weight is 272 g/mol. The van der Waals surface area contributed by atoms with E-state index < -0.39 is 5.41 Å². The van der Waals surface area contributed by atoms with Gasteiger partial charge in [-0.05, 0) is 26.2 Å². The number of hydrogen-bond donors (Lipinski definition) is 1. The highest BCUT2D eigenvalue weighted by Gasteiger charge is 2.44. The molecule has 0 aromatic heterocycles. The van der Waals surface area contributed by atoms with Crippen LogP contribution in [-0.4, -0.2) is 57.4 Å². The summed E-state index contributed by atoms with van der Waals surface area (Å²) in [5, 5.41) is 0. The van der Waals surface area contributed by atoms with Crippen LogP contribution < -0.4 is 5.73 Å². The summed E-state index contributed by atoms with van der Waals surface area (Å²) >= 11 is 0. The van der Waals surface area contributed by atoms with Crippen LogP contribution in [0.5, 0.6) is 0 Å². The van der Waals surface area contributed by atoms with Crippen molar-refractivity contribution in [2.45, 2.75) is 38.6 Å². The second-order valence-electron chi connectivity index (χ2n) is 5.55. The van der Waals surface area contributed by atoms with Crippen molar-refractivity contribution in [3.05, 3.63) is 0 Å². The zero-order valence-corrected chi connectivity index (χ0v) is 12.5. The smallest absolute Gasteiger partial charge is 0.230 e. The van der Waals surface area contributed by atoms with E-state index in [1.165, 1.54) is 0 Å². The molecule has 0 heterocycles. The van der Waals surface area contributed by atoms with E-state index in [1.54, 1.807) is 14.2 Å². The maximum absolute atomic E-state index is 12.7. The molecule has 2 unspecified atom stereocenters. The Balaban J connectivity index is 2.63. The van der Waals surface area contributed by atoms with Gasteiger partial charge in [0.15, 0.2) is 0 Å². The topological polar surface area (TPSA) is 64.8 Å². The van der Waals surface area contributed by atoms with Crippen LogP contribution in [0, 0.1) is 5.41 Å². The molecular weight excluding hydrogens is 244 g/mol. The van der Waals surface area contributed by atoms with Gasteiger partial charge in [-0.1, -0.05) is 6.42 Å². The van der Waals surface area contributed by atoms with Crippen molar-refractivity contribution < 1.29 is 14.3 Å². The van der Waals surface area contributed by atoms with Crippen molar-refractivity contribution in [1.82, 2.24) is 4.90 Å². The molecule has 1 aliphatic rings. The number of carbonyl (C=O) groups excluding carboxylic acids is 1. The number of carbonyl (C=O) groups is 1. The standard InChI is InChI=1S/C14H28N2O3/c1-14(7-4-6-12(14)15)13(17)16(9-11-19-3)8-5-10-18-2/h12H,4-11,15H2,1-3H3. The molecule has 0 bridgehead atoms. The molecule has 5 nitrogen and oxygen atoms in total. The summed E-state index contributed by atoms with van der Waals surface area (Å²) in [6.45, 7) is 4.56. The molecule has 0 spiro atoms. The molecule has 2 atom stereocenters. The molecule has 0 aromatic carbocycles. The van der Waals surface area contributed by atoms with Crippen molar-refractivity contribution in [2.75, 3.05) is 40.5 Å². The first-order chi connectivity index (χ1) is 9.06. The first-order valence-electron chi connectivity index (χ1n) is 7.09. The lowest BCUT2D eigenvalue weighted by Crippen LogP contribution is -2.50. The summed E-state index contributed by atoms with van der Waals surface area (Å²) < 4.78 is 10.1. The average Bonchev–Trinajstić information content (AvgIpc) is 2.74. The number of amides is 1. The van der Waals surface area contributed by atoms with Crippen LogP contribution in [0.15, 0.2) is 0 Å². The van der Waals surface area contributed by atoms with E-state index >= 15 is 0 Å². The summed E-state index contributed by atoms with van der Waals surface area (Å²) in [6.07, 6.45) is 3.72. The quantitative estimate of drug-likeness (QED) is 0.670. The maximum Gasteiger partial charge on any atom is 0.230 e. The van der Waals surface area contributed by atoms with E-state index in [4.69, 9.17) is 15.2 Å². The van der Waals surface area contributed by atoms with Gasteiger partial charge in [0.1, 0.15) is 0 Å². The number of nitrogens with two attached hydrogens (primary N) is 1. The summed E-state index contributed by atoms with van der Waals surface area (Å²) in [5.74, 6) is 0.172. The Bertz CT molecular complexity index is 286. The van der Waals surface area contributed by atoms with E-state index in [2.05, 4.69) is 0 Å². The molecule has 1 aliphatic carbocycles. The molecule has 1 rings (SSSR count). The highest BCUT2D eigenvalue weighted by Crippen LogP contribution is 2.38. The minimum atomic E-state index is -0.402. The highest BCUT2D eigenvalue weighted by molar-refractivity contribution is 5.83. The molecule has 0 saturated heterocycles. The van der Waals surface area contributed by atoms with Crippen LogP contribution in [-0.2, 0) is 14.3 Å². The Kier molecular flexibility index (Phi) is 6.75. The van der Waals surface area contributed by atoms with E-state index in [-0.39, 0.29) is 11.9 Å². The summed E-state index contributed by atoms with van der Waals surface area (Å²) in [6, 6.07) is -0.0209. The lowest BCUT2D eigenvalue weighted by atomic mass is 9.83. The molecular formula is C14H28N2O3. The van der Waals surface area contributed by atoms with E-state index in [1.807, 2.05) is 11.8 Å². The third kappa shape index (κ3) is 4.16. The third-order valence-corrected chi connectivity index (χ3v) is 4.15. The fourth-order valence-electron chi connectivity index (χ4n) is 2.74. The van der Waals surface area contributed by atoms with Gasteiger partial charge in [0.05, 0.1) is 12.0 Å². The van der Waals surface area contributed by atoms with Gasteiger partial charge in [-0.3, -0.25) is 4.79 Å². The summed E-state index contributed by atoms with van der Waals surface area (Å²) in [5.41, 5.74) is 5.73. The molecule has 0 aliphatic heterocycles. The molecule has 5 heteroatoms. The van der Waals surface area contributed by atoms with Gasteiger partial charge in [-0.15, -0.1) is 0 Å². The van der Waals surface area contributed by atoms with Gasteiger partial charge in [0.2, 0.25) is 5.91 Å². The Morgan fingerprint density at radius 2 is 2.00 bits per heavy atom.